The second-order valence-corrected chi connectivity index (χ2v) is 6.10. The van der Waals surface area contributed by atoms with Crippen molar-refractivity contribution in [1.82, 2.24) is 14.9 Å². The Kier molecular flexibility index (Phi) is 4.89. The third-order valence-electron chi connectivity index (χ3n) is 3.92. The molecule has 1 amide bonds. The molecule has 2 aromatic rings. The summed E-state index contributed by atoms with van der Waals surface area (Å²) in [5.74, 6) is -0.619. The van der Waals surface area contributed by atoms with E-state index in [4.69, 9.17) is 11.6 Å². The van der Waals surface area contributed by atoms with Crippen LogP contribution in [0.3, 0.4) is 0 Å². The molecule has 1 aliphatic rings. The molecule has 25 heavy (non-hydrogen) atoms. The summed E-state index contributed by atoms with van der Waals surface area (Å²) in [6.45, 7) is -0.902. The normalized spacial score (nSPS) is 17.8. The number of hydrogen-bond donors (Lipinski definition) is 1. The lowest BCUT2D eigenvalue weighted by Crippen LogP contribution is -2.30. The van der Waals surface area contributed by atoms with Gasteiger partial charge in [-0.05, 0) is 31.0 Å². The minimum Gasteiger partial charge on any atom is -0.467 e. The fourth-order valence-corrected chi connectivity index (χ4v) is 3.07. The van der Waals surface area contributed by atoms with Crippen LogP contribution in [0.1, 0.15) is 34.9 Å². The number of hydrogen-bond acceptors (Lipinski definition) is 3. The van der Waals surface area contributed by atoms with Gasteiger partial charge < -0.3 is 14.6 Å². The highest BCUT2D eigenvalue weighted by Gasteiger charge is 2.32. The van der Waals surface area contributed by atoms with Crippen molar-refractivity contribution in [2.75, 3.05) is 13.2 Å². The topological polar surface area (TPSA) is 58.2 Å². The highest BCUT2D eigenvalue weighted by atomic mass is 35.5. The van der Waals surface area contributed by atoms with Crippen molar-refractivity contribution in [2.24, 2.45) is 0 Å². The van der Waals surface area contributed by atoms with E-state index in [0.29, 0.717) is 6.54 Å². The average Bonchev–Trinajstić information content (AvgIpc) is 3.22. The van der Waals surface area contributed by atoms with Crippen LogP contribution in [0.15, 0.2) is 30.6 Å². The molecule has 1 atom stereocenters. The molecule has 1 N–H and O–H groups in total. The van der Waals surface area contributed by atoms with E-state index in [2.05, 4.69) is 14.7 Å². The van der Waals surface area contributed by atoms with Crippen LogP contribution in [0.2, 0.25) is 5.02 Å². The molecule has 3 rings (SSSR count). The van der Waals surface area contributed by atoms with Crippen LogP contribution in [0.25, 0.3) is 0 Å². The first kappa shape index (κ1) is 17.6. The molecule has 1 fully saturated rings. The quantitative estimate of drug-likeness (QED) is 0.881. The van der Waals surface area contributed by atoms with Crippen LogP contribution in [0.4, 0.5) is 13.2 Å². The van der Waals surface area contributed by atoms with E-state index in [1.54, 1.807) is 11.1 Å². The molecule has 0 aromatic carbocycles. The number of ether oxygens (including phenoxy) is 1. The van der Waals surface area contributed by atoms with Crippen molar-refractivity contribution >= 4 is 17.5 Å². The first-order valence-electron chi connectivity index (χ1n) is 7.64. The Bertz CT molecular complexity index is 750. The molecule has 0 aliphatic carbocycles. The minimum absolute atomic E-state index is 0.0672. The molecule has 3 heterocycles. The monoisotopic (exact) mass is 373 g/mol. The number of likely N-dealkylation sites (tertiary alicyclic amines) is 1. The molecule has 5 nitrogen and oxygen atoms in total. The number of halogens is 4. The zero-order valence-electron chi connectivity index (χ0n) is 13.0. The lowest BCUT2D eigenvalue weighted by atomic mass is 10.1. The summed E-state index contributed by atoms with van der Waals surface area (Å²) in [7, 11) is 0. The molecule has 0 unspecified atom stereocenters. The smallest absolute Gasteiger partial charge is 0.422 e. The average molecular weight is 374 g/mol. The molecule has 1 aliphatic heterocycles. The van der Waals surface area contributed by atoms with Crippen molar-refractivity contribution < 1.29 is 22.7 Å². The maximum atomic E-state index is 12.7. The molecule has 0 radical (unpaired) electrons. The zero-order valence-corrected chi connectivity index (χ0v) is 13.8. The molecule has 0 spiro atoms. The zero-order chi connectivity index (χ0) is 18.0. The number of carbonyl (C=O) groups is 1. The van der Waals surface area contributed by atoms with Gasteiger partial charge in [-0.25, -0.2) is 4.98 Å². The van der Waals surface area contributed by atoms with E-state index < -0.39 is 12.8 Å². The predicted molar refractivity (Wildman–Crippen MR) is 84.6 cm³/mol. The number of nitrogens with zero attached hydrogens (tertiary/aromatic N) is 2. The van der Waals surface area contributed by atoms with Crippen LogP contribution in [0, 0.1) is 0 Å². The molecule has 9 heteroatoms. The van der Waals surface area contributed by atoms with Crippen LogP contribution in [-0.4, -0.2) is 40.1 Å². The third kappa shape index (κ3) is 4.07. The van der Waals surface area contributed by atoms with E-state index in [1.165, 1.54) is 12.3 Å². The Morgan fingerprint density at radius 1 is 1.48 bits per heavy atom. The number of pyridine rings is 1. The summed E-state index contributed by atoms with van der Waals surface area (Å²) >= 11 is 5.91. The van der Waals surface area contributed by atoms with Crippen molar-refractivity contribution in [3.63, 3.8) is 0 Å². The van der Waals surface area contributed by atoms with Gasteiger partial charge in [0, 0.05) is 24.6 Å². The van der Waals surface area contributed by atoms with Gasteiger partial charge in [-0.15, -0.1) is 0 Å². The van der Waals surface area contributed by atoms with Gasteiger partial charge in [-0.1, -0.05) is 11.6 Å². The molecule has 1 saturated heterocycles. The van der Waals surface area contributed by atoms with Crippen molar-refractivity contribution in [2.45, 2.75) is 25.1 Å². The van der Waals surface area contributed by atoms with Crippen LogP contribution < -0.4 is 4.74 Å². The molecular weight excluding hydrogens is 359 g/mol. The first-order chi connectivity index (χ1) is 11.8. The molecule has 134 valence electrons. The van der Waals surface area contributed by atoms with Gasteiger partial charge >= 0.3 is 6.18 Å². The number of nitrogens with one attached hydrogen (secondary N) is 1. The third-order valence-corrected chi connectivity index (χ3v) is 4.19. The summed E-state index contributed by atoms with van der Waals surface area (Å²) < 4.78 is 41.2. The van der Waals surface area contributed by atoms with E-state index in [-0.39, 0.29) is 28.4 Å². The number of alkyl halides is 3. The Hall–Kier alpha value is -2.22. The Morgan fingerprint density at radius 3 is 2.92 bits per heavy atom. The fraction of sp³-hybridized carbons (Fsp3) is 0.375. The second kappa shape index (κ2) is 6.95. The highest BCUT2D eigenvalue weighted by Crippen LogP contribution is 2.33. The van der Waals surface area contributed by atoms with Gasteiger partial charge in [0.05, 0.1) is 11.6 Å². The Balaban J connectivity index is 1.75. The van der Waals surface area contributed by atoms with Gasteiger partial charge in [-0.2, -0.15) is 13.2 Å². The molecule has 2 aromatic heterocycles. The standard InChI is InChI=1S/C16H15ClF3N3O2/c17-11-7-10(8-22-14(11)25-9-16(18,19)20)15(24)23-6-2-4-13(23)12-3-1-5-21-12/h1,3,5,7-8,13,21H,2,4,6,9H2/t13-/m1/s1. The second-order valence-electron chi connectivity index (χ2n) is 5.70. The summed E-state index contributed by atoms with van der Waals surface area (Å²) in [5.41, 5.74) is 1.15. The highest BCUT2D eigenvalue weighted by molar-refractivity contribution is 6.32. The van der Waals surface area contributed by atoms with Gasteiger partial charge in [0.25, 0.3) is 5.91 Å². The first-order valence-corrected chi connectivity index (χ1v) is 8.02. The Morgan fingerprint density at radius 2 is 2.28 bits per heavy atom. The summed E-state index contributed by atoms with van der Waals surface area (Å²) in [6.07, 6.45) is 0.188. The minimum atomic E-state index is -4.49. The van der Waals surface area contributed by atoms with Gasteiger partial charge in [-0.3, -0.25) is 4.79 Å². The predicted octanol–water partition coefficient (Wildman–Crippen LogP) is 3.98. The Labute approximate surface area is 146 Å². The van der Waals surface area contributed by atoms with Crippen molar-refractivity contribution in [1.29, 1.82) is 0 Å². The van der Waals surface area contributed by atoms with Crippen LogP contribution >= 0.6 is 11.6 Å². The molecule has 0 bridgehead atoms. The van der Waals surface area contributed by atoms with E-state index in [0.717, 1.165) is 18.5 Å². The van der Waals surface area contributed by atoms with Gasteiger partial charge in [0.1, 0.15) is 5.02 Å². The lowest BCUT2D eigenvalue weighted by Gasteiger charge is -2.24. The number of amides is 1. The fourth-order valence-electron chi connectivity index (χ4n) is 2.85. The SMILES string of the molecule is O=C(c1cnc(OCC(F)(F)F)c(Cl)c1)N1CCC[C@@H]1c1ccc[nH]1. The van der Waals surface area contributed by atoms with E-state index in [1.807, 2.05) is 12.1 Å². The van der Waals surface area contributed by atoms with Crippen molar-refractivity contribution in [3.05, 3.63) is 46.9 Å². The number of aromatic nitrogens is 2. The summed E-state index contributed by atoms with van der Waals surface area (Å²) in [4.78, 5) is 21.3. The van der Waals surface area contributed by atoms with Crippen molar-refractivity contribution in [3.8, 4) is 5.88 Å². The largest absolute Gasteiger partial charge is 0.467 e. The molecular formula is C16H15ClF3N3O2. The summed E-state index contributed by atoms with van der Waals surface area (Å²) in [6, 6.07) is 4.99. The van der Waals surface area contributed by atoms with Crippen LogP contribution in [0.5, 0.6) is 5.88 Å². The lowest BCUT2D eigenvalue weighted by molar-refractivity contribution is -0.154. The molecule has 0 saturated carbocycles. The number of carbonyl (C=O) groups excluding carboxylic acids is 1. The van der Waals surface area contributed by atoms with E-state index >= 15 is 0 Å². The van der Waals surface area contributed by atoms with Crippen LogP contribution in [-0.2, 0) is 0 Å². The van der Waals surface area contributed by atoms with Gasteiger partial charge in [0.2, 0.25) is 5.88 Å². The maximum Gasteiger partial charge on any atom is 0.422 e. The maximum absolute atomic E-state index is 12.7. The number of rotatable bonds is 4. The summed E-state index contributed by atoms with van der Waals surface area (Å²) in [5, 5.41) is -0.134. The van der Waals surface area contributed by atoms with E-state index in [9.17, 15) is 18.0 Å². The van der Waals surface area contributed by atoms with Gasteiger partial charge in [0.15, 0.2) is 6.61 Å². The number of H-pyrrole nitrogens is 1. The number of aromatic amines is 1.